The van der Waals surface area contributed by atoms with Crippen molar-refractivity contribution in [1.82, 2.24) is 5.32 Å². The second-order valence-electron chi connectivity index (χ2n) is 8.72. The van der Waals surface area contributed by atoms with E-state index in [-0.39, 0.29) is 11.8 Å². The fraction of sp³-hybridized carbons (Fsp3) is 0.286. The smallest absolute Gasteiger partial charge is 0.255 e. The van der Waals surface area contributed by atoms with E-state index in [1.54, 1.807) is 25.3 Å². The van der Waals surface area contributed by atoms with Gasteiger partial charge in [-0.05, 0) is 55.0 Å². The van der Waals surface area contributed by atoms with Gasteiger partial charge in [0, 0.05) is 49.7 Å². The van der Waals surface area contributed by atoms with Gasteiger partial charge < -0.3 is 25.2 Å². The fourth-order valence-corrected chi connectivity index (χ4v) is 4.62. The number of nitrogens with zero attached hydrogens (tertiary/aromatic N) is 2. The number of amides is 2. The molecule has 7 nitrogen and oxygen atoms in total. The van der Waals surface area contributed by atoms with E-state index < -0.39 is 0 Å². The molecule has 2 amide bonds. The Balaban J connectivity index is 1.54. The predicted molar refractivity (Wildman–Crippen MR) is 151 cm³/mol. The van der Waals surface area contributed by atoms with Gasteiger partial charge in [-0.15, -0.1) is 0 Å². The summed E-state index contributed by atoms with van der Waals surface area (Å²) in [7, 11) is 1.68. The molecule has 1 fully saturated rings. The normalized spacial score (nSPS) is 13.3. The Morgan fingerprint density at radius 3 is 2.24 bits per heavy atom. The molecule has 194 valence electrons. The summed E-state index contributed by atoms with van der Waals surface area (Å²) in [6.07, 6.45) is 0.826. The Hall–Kier alpha value is -3.42. The van der Waals surface area contributed by atoms with Crippen molar-refractivity contribution >= 4 is 52.1 Å². The van der Waals surface area contributed by atoms with Gasteiger partial charge in [-0.1, -0.05) is 42.3 Å². The van der Waals surface area contributed by atoms with E-state index >= 15 is 0 Å². The first kappa shape index (κ1) is 26.6. The summed E-state index contributed by atoms with van der Waals surface area (Å²) in [6, 6.07) is 18.1. The number of benzene rings is 3. The Morgan fingerprint density at radius 2 is 1.57 bits per heavy atom. The van der Waals surface area contributed by atoms with E-state index in [0.29, 0.717) is 33.4 Å². The van der Waals surface area contributed by atoms with Crippen molar-refractivity contribution < 1.29 is 14.3 Å². The molecule has 37 heavy (non-hydrogen) atoms. The molecule has 0 bridgehead atoms. The molecule has 2 N–H and O–H groups in total. The highest BCUT2D eigenvalue weighted by Gasteiger charge is 2.24. The van der Waals surface area contributed by atoms with Crippen LogP contribution in [0, 0.1) is 0 Å². The summed E-state index contributed by atoms with van der Waals surface area (Å²) in [5.74, 6) is 0.337. The van der Waals surface area contributed by atoms with Crippen LogP contribution in [-0.4, -0.2) is 51.6 Å². The molecule has 3 aromatic rings. The number of piperazine rings is 1. The van der Waals surface area contributed by atoms with Crippen LogP contribution in [0.4, 0.5) is 17.1 Å². The first-order chi connectivity index (χ1) is 17.9. The number of rotatable bonds is 8. The molecule has 1 heterocycles. The van der Waals surface area contributed by atoms with E-state index in [1.807, 2.05) is 37.3 Å². The van der Waals surface area contributed by atoms with Gasteiger partial charge in [0.05, 0.1) is 28.4 Å². The maximum absolute atomic E-state index is 13.1. The number of ether oxygens (including phenoxy) is 1. The lowest BCUT2D eigenvalue weighted by atomic mass is 10.1. The molecule has 1 aliphatic heterocycles. The highest BCUT2D eigenvalue weighted by Crippen LogP contribution is 2.31. The number of anilines is 3. The third-order valence-corrected chi connectivity index (χ3v) is 7.00. The molecule has 0 radical (unpaired) electrons. The Morgan fingerprint density at radius 1 is 0.865 bits per heavy atom. The summed E-state index contributed by atoms with van der Waals surface area (Å²) in [5.41, 5.74) is 3.31. The van der Waals surface area contributed by atoms with E-state index in [4.69, 9.17) is 27.9 Å². The summed E-state index contributed by atoms with van der Waals surface area (Å²) in [4.78, 5) is 30.4. The minimum Gasteiger partial charge on any atom is -0.495 e. The van der Waals surface area contributed by atoms with Gasteiger partial charge in [0.15, 0.2) is 0 Å². The minimum atomic E-state index is -0.336. The zero-order valence-corrected chi connectivity index (χ0v) is 22.4. The Bertz CT molecular complexity index is 1280. The monoisotopic (exact) mass is 540 g/mol. The number of halogens is 2. The van der Waals surface area contributed by atoms with Crippen molar-refractivity contribution in [3.63, 3.8) is 0 Å². The number of methoxy groups -OCH3 is 1. The summed E-state index contributed by atoms with van der Waals surface area (Å²) in [5, 5.41) is 6.51. The van der Waals surface area contributed by atoms with Crippen LogP contribution in [-0.2, 0) is 0 Å². The molecule has 9 heteroatoms. The van der Waals surface area contributed by atoms with Crippen LogP contribution in [0.25, 0.3) is 0 Å². The summed E-state index contributed by atoms with van der Waals surface area (Å²) in [6.45, 7) is 5.62. The second kappa shape index (κ2) is 12.2. The van der Waals surface area contributed by atoms with E-state index in [0.717, 1.165) is 49.7 Å². The molecule has 0 atom stereocenters. The van der Waals surface area contributed by atoms with Crippen molar-refractivity contribution in [2.24, 2.45) is 0 Å². The molecule has 1 aliphatic rings. The van der Waals surface area contributed by atoms with Crippen LogP contribution in [0.3, 0.4) is 0 Å². The summed E-state index contributed by atoms with van der Waals surface area (Å²) < 4.78 is 5.53. The first-order valence-electron chi connectivity index (χ1n) is 12.2. The summed E-state index contributed by atoms with van der Waals surface area (Å²) >= 11 is 12.0. The predicted octanol–water partition coefficient (Wildman–Crippen LogP) is 5.72. The highest BCUT2D eigenvalue weighted by atomic mass is 35.5. The molecule has 0 aromatic heterocycles. The lowest BCUT2D eigenvalue weighted by molar-refractivity contribution is 0.0952. The maximum Gasteiger partial charge on any atom is 0.255 e. The molecule has 0 saturated carbocycles. The fourth-order valence-electron chi connectivity index (χ4n) is 4.33. The first-order valence-corrected chi connectivity index (χ1v) is 13.0. The average molecular weight is 541 g/mol. The van der Waals surface area contributed by atoms with Crippen molar-refractivity contribution in [3.8, 4) is 5.75 Å². The van der Waals surface area contributed by atoms with Gasteiger partial charge in [0.1, 0.15) is 5.75 Å². The number of carbonyl (C=O) groups excluding carboxylic acids is 2. The van der Waals surface area contributed by atoms with E-state index in [2.05, 4.69) is 26.5 Å². The largest absolute Gasteiger partial charge is 0.495 e. The molecule has 0 aliphatic carbocycles. The molecular weight excluding hydrogens is 511 g/mol. The highest BCUT2D eigenvalue weighted by molar-refractivity contribution is 6.42. The number of carbonyl (C=O) groups is 2. The Labute approximate surface area is 227 Å². The van der Waals surface area contributed by atoms with Gasteiger partial charge in [0.25, 0.3) is 11.8 Å². The number of nitrogens with one attached hydrogen (secondary N) is 2. The SMILES string of the molecule is CCCNC(=O)c1cc(NC(=O)c2ccc(Cl)c(Cl)c2)ccc1N1CCN(c2ccccc2OC)CC1. The van der Waals surface area contributed by atoms with Crippen LogP contribution in [0.15, 0.2) is 60.7 Å². The topological polar surface area (TPSA) is 73.9 Å². The number of para-hydroxylation sites is 2. The van der Waals surface area contributed by atoms with Gasteiger partial charge >= 0.3 is 0 Å². The van der Waals surface area contributed by atoms with E-state index in [1.165, 1.54) is 6.07 Å². The van der Waals surface area contributed by atoms with Crippen molar-refractivity contribution in [2.45, 2.75) is 13.3 Å². The van der Waals surface area contributed by atoms with E-state index in [9.17, 15) is 9.59 Å². The van der Waals surface area contributed by atoms with Crippen molar-refractivity contribution in [2.75, 3.05) is 55.0 Å². The van der Waals surface area contributed by atoms with Crippen molar-refractivity contribution in [1.29, 1.82) is 0 Å². The van der Waals surface area contributed by atoms with Gasteiger partial charge in [-0.25, -0.2) is 0 Å². The molecule has 0 spiro atoms. The average Bonchev–Trinajstić information content (AvgIpc) is 2.93. The van der Waals surface area contributed by atoms with Crippen LogP contribution in [0.2, 0.25) is 10.0 Å². The van der Waals surface area contributed by atoms with Gasteiger partial charge in [-0.2, -0.15) is 0 Å². The lowest BCUT2D eigenvalue weighted by Gasteiger charge is -2.38. The maximum atomic E-state index is 13.1. The third kappa shape index (κ3) is 6.29. The molecular formula is C28H30Cl2N4O3. The zero-order valence-electron chi connectivity index (χ0n) is 20.9. The number of hydrogen-bond acceptors (Lipinski definition) is 5. The lowest BCUT2D eigenvalue weighted by Crippen LogP contribution is -2.47. The van der Waals surface area contributed by atoms with Crippen LogP contribution in [0.1, 0.15) is 34.1 Å². The van der Waals surface area contributed by atoms with Gasteiger partial charge in [0.2, 0.25) is 0 Å². The number of hydrogen-bond donors (Lipinski definition) is 2. The minimum absolute atomic E-state index is 0.172. The molecule has 4 rings (SSSR count). The Kier molecular flexibility index (Phi) is 8.79. The van der Waals surface area contributed by atoms with Crippen molar-refractivity contribution in [3.05, 3.63) is 81.8 Å². The standard InChI is InChI=1S/C28H30Cl2N4O3/c1-3-12-31-28(36)21-18-20(32-27(35)19-8-10-22(29)23(30)17-19)9-11-24(21)33-13-15-34(16-14-33)25-6-4-5-7-26(25)37-2/h4-11,17-18H,3,12-16H2,1-2H3,(H,31,36)(H,32,35). The second-order valence-corrected chi connectivity index (χ2v) is 9.53. The molecule has 3 aromatic carbocycles. The van der Waals surface area contributed by atoms with Crippen LogP contribution in [0.5, 0.6) is 5.75 Å². The van der Waals surface area contributed by atoms with Crippen LogP contribution < -0.4 is 25.2 Å². The van der Waals surface area contributed by atoms with Crippen LogP contribution >= 0.6 is 23.2 Å². The molecule has 1 saturated heterocycles. The third-order valence-electron chi connectivity index (χ3n) is 6.26. The zero-order chi connectivity index (χ0) is 26.4. The molecule has 0 unspecified atom stereocenters. The van der Waals surface area contributed by atoms with Gasteiger partial charge in [-0.3, -0.25) is 9.59 Å². The quantitative estimate of drug-likeness (QED) is 0.382.